The summed E-state index contributed by atoms with van der Waals surface area (Å²) in [7, 11) is 0. The van der Waals surface area contributed by atoms with Crippen LogP contribution in [-0.2, 0) is 17.9 Å². The molecule has 124 valence electrons. The molecule has 0 saturated heterocycles. The Hall–Kier alpha value is -1.06. The maximum Gasteiger partial charge on any atom is 0.182 e. The summed E-state index contributed by atoms with van der Waals surface area (Å²) in [6.45, 7) is 4.82. The van der Waals surface area contributed by atoms with Crippen molar-refractivity contribution < 1.29 is 26.5 Å². The third-order valence-electron chi connectivity index (χ3n) is 3.25. The van der Waals surface area contributed by atoms with E-state index in [2.05, 4.69) is 27.6 Å². The Morgan fingerprint density at radius 1 is 1.35 bits per heavy atom. The molecule has 7 heteroatoms. The topological polar surface area (TPSA) is 68.0 Å². The molecule has 1 N–H and O–H groups in total. The normalized spacial score (nSPS) is 10.2. The van der Waals surface area contributed by atoms with Crippen LogP contribution < -0.4 is 22.5 Å². The average Bonchev–Trinajstić information content (AvgIpc) is 2.49. The van der Waals surface area contributed by atoms with Crippen LogP contribution >= 0.6 is 22.6 Å². The second-order valence-corrected chi connectivity index (χ2v) is 6.10. The van der Waals surface area contributed by atoms with Crippen molar-refractivity contribution in [2.75, 3.05) is 6.61 Å². The molecule has 23 heavy (non-hydrogen) atoms. The molecule has 1 heterocycles. The van der Waals surface area contributed by atoms with E-state index in [0.717, 1.165) is 3.57 Å². The van der Waals surface area contributed by atoms with Crippen LogP contribution in [-0.4, -0.2) is 21.9 Å². The fraction of sp³-hybridized carbons (Fsp3) is 0.312. The molecule has 0 aliphatic carbocycles. The highest BCUT2D eigenvalue weighted by Gasteiger charge is 2.10. The predicted octanol–water partition coefficient (Wildman–Crippen LogP) is -0.301. The first-order valence-electron chi connectivity index (χ1n) is 6.99. The molecular weight excluding hydrogens is 473 g/mol. The van der Waals surface area contributed by atoms with Gasteiger partial charge >= 0.3 is 0 Å². The van der Waals surface area contributed by atoms with Gasteiger partial charge in [0.1, 0.15) is 5.82 Å². The molecule has 1 aromatic carbocycles. The zero-order valence-electron chi connectivity index (χ0n) is 13.0. The first kappa shape index (κ1) is 20.0. The lowest BCUT2D eigenvalue weighted by atomic mass is 10.1. The van der Waals surface area contributed by atoms with Gasteiger partial charge in [0.05, 0.1) is 13.2 Å². The number of Topliss-reactive ketones (excluding diaryl/α,β-unsaturated/α-hetero) is 1. The number of hydrogen-bond donors (Lipinski definition) is 1. The third-order valence-corrected chi connectivity index (χ3v) is 3.97. The van der Waals surface area contributed by atoms with Crippen LogP contribution in [0.15, 0.2) is 30.5 Å². The van der Waals surface area contributed by atoms with Gasteiger partial charge in [-0.3, -0.25) is 10.2 Å². The van der Waals surface area contributed by atoms with Crippen LogP contribution in [0, 0.1) is 15.9 Å². The molecule has 0 aliphatic heterocycles. The van der Waals surface area contributed by atoms with Gasteiger partial charge in [-0.25, -0.2) is 4.98 Å². The van der Waals surface area contributed by atoms with Gasteiger partial charge in [0.15, 0.2) is 11.3 Å². The third kappa shape index (κ3) is 5.50. The molecule has 2 aromatic rings. The van der Waals surface area contributed by atoms with E-state index in [4.69, 9.17) is 10.1 Å². The number of ketones is 1. The number of aromatic nitrogens is 2. The van der Waals surface area contributed by atoms with Gasteiger partial charge in [-0.05, 0) is 48.6 Å². The Labute approximate surface area is 159 Å². The number of nitrogens with one attached hydrogen (secondary N) is 1. The Morgan fingerprint density at radius 3 is 2.61 bits per heavy atom. The van der Waals surface area contributed by atoms with Crippen LogP contribution in [0.4, 0.5) is 0 Å². The summed E-state index contributed by atoms with van der Waals surface area (Å²) in [5.74, 6) is 0.663. The zero-order valence-corrected chi connectivity index (χ0v) is 16.7. The summed E-state index contributed by atoms with van der Waals surface area (Å²) in [5.41, 5.74) is 1.56. The predicted molar refractivity (Wildman–Crippen MR) is 91.6 cm³/mol. The fourth-order valence-corrected chi connectivity index (χ4v) is 2.36. The van der Waals surface area contributed by atoms with Gasteiger partial charge < -0.3 is 26.3 Å². The van der Waals surface area contributed by atoms with Crippen molar-refractivity contribution in [2.24, 2.45) is 0 Å². The largest absolute Gasteiger partial charge is 1.00 e. The van der Waals surface area contributed by atoms with Crippen molar-refractivity contribution in [3.05, 3.63) is 56.5 Å². The highest BCUT2D eigenvalue weighted by molar-refractivity contribution is 14.1. The van der Waals surface area contributed by atoms with Gasteiger partial charge in [0, 0.05) is 27.5 Å². The van der Waals surface area contributed by atoms with Gasteiger partial charge in [0.25, 0.3) is 0 Å². The van der Waals surface area contributed by atoms with E-state index >= 15 is 0 Å². The number of rotatable bonds is 6. The van der Waals surface area contributed by atoms with Crippen LogP contribution in [0.5, 0.6) is 0 Å². The van der Waals surface area contributed by atoms with E-state index in [0.29, 0.717) is 30.2 Å². The lowest BCUT2D eigenvalue weighted by molar-refractivity contribution is -0.0000134. The minimum Gasteiger partial charge on any atom is -1.00 e. The number of hydrogen-bond acceptors (Lipinski definition) is 4. The Balaban J connectivity index is 0.00000264. The number of ether oxygens (including phenoxy) is 1. The second-order valence-electron chi connectivity index (χ2n) is 4.86. The van der Waals surface area contributed by atoms with E-state index in [1.165, 1.54) is 0 Å². The molecule has 1 aromatic heterocycles. The first-order chi connectivity index (χ1) is 10.5. The molecule has 0 amide bonds. The van der Waals surface area contributed by atoms with Gasteiger partial charge in [0.2, 0.25) is 0 Å². The zero-order chi connectivity index (χ0) is 16.1. The molecule has 0 radical (unpaired) electrons. The molecule has 0 fully saturated rings. The molecule has 2 rings (SSSR count). The van der Waals surface area contributed by atoms with Gasteiger partial charge in [-0.2, -0.15) is 0 Å². The molecule has 0 atom stereocenters. The maximum absolute atomic E-state index is 12.4. The van der Waals surface area contributed by atoms with Crippen LogP contribution in [0.2, 0.25) is 0 Å². The summed E-state index contributed by atoms with van der Waals surface area (Å²) in [6, 6.07) is 7.48. The van der Waals surface area contributed by atoms with E-state index < -0.39 is 0 Å². The summed E-state index contributed by atoms with van der Waals surface area (Å²) in [4.78, 5) is 16.5. The van der Waals surface area contributed by atoms with Crippen molar-refractivity contribution in [1.82, 2.24) is 9.55 Å². The lowest BCUT2D eigenvalue weighted by Crippen LogP contribution is -3.00. The first-order valence-corrected chi connectivity index (χ1v) is 8.07. The minimum atomic E-state index is 0. The summed E-state index contributed by atoms with van der Waals surface area (Å²) in [5, 5.41) is 7.87. The number of nitrogens with zero attached hydrogens (tertiary/aromatic N) is 2. The van der Waals surface area contributed by atoms with Crippen molar-refractivity contribution in [2.45, 2.75) is 27.0 Å². The van der Waals surface area contributed by atoms with Crippen molar-refractivity contribution in [3.63, 3.8) is 0 Å². The lowest BCUT2D eigenvalue weighted by Gasteiger charge is -2.12. The van der Waals surface area contributed by atoms with Crippen molar-refractivity contribution in [1.29, 1.82) is 5.41 Å². The molecule has 0 bridgehead atoms. The number of aryl methyl sites for hydroxylation is 1. The smallest absolute Gasteiger partial charge is 0.182 e. The molecule has 5 nitrogen and oxygen atoms in total. The summed E-state index contributed by atoms with van der Waals surface area (Å²) >= 11 is 2.21. The maximum atomic E-state index is 12.4. The average molecular weight is 491 g/mol. The monoisotopic (exact) mass is 490 g/mol. The van der Waals surface area contributed by atoms with Crippen molar-refractivity contribution in [3.8, 4) is 0 Å². The van der Waals surface area contributed by atoms with E-state index in [1.807, 2.05) is 31.2 Å². The molecule has 0 spiro atoms. The summed E-state index contributed by atoms with van der Waals surface area (Å²) in [6.07, 6.45) is 1.78. The van der Waals surface area contributed by atoms with E-state index in [1.54, 1.807) is 17.7 Å². The number of halogens is 2. The fourth-order valence-electron chi connectivity index (χ4n) is 2.00. The molecular formula is C16H18BrIN3O2-. The molecule has 0 aliphatic rings. The van der Waals surface area contributed by atoms with E-state index in [-0.39, 0.29) is 34.8 Å². The quantitative estimate of drug-likeness (QED) is 0.446. The van der Waals surface area contributed by atoms with Crippen LogP contribution in [0.3, 0.4) is 0 Å². The SMILES string of the molecule is CCOCc1cn(CC(=O)c2ccc(I)cc2)c(C)nc1=N.[Br-]. The molecule has 0 saturated carbocycles. The van der Waals surface area contributed by atoms with Gasteiger partial charge in [-0.1, -0.05) is 12.1 Å². The highest BCUT2D eigenvalue weighted by Crippen LogP contribution is 2.09. The number of benzene rings is 1. The molecule has 0 unspecified atom stereocenters. The van der Waals surface area contributed by atoms with Crippen LogP contribution in [0.25, 0.3) is 0 Å². The summed E-state index contributed by atoms with van der Waals surface area (Å²) < 4.78 is 8.20. The van der Waals surface area contributed by atoms with Crippen molar-refractivity contribution >= 4 is 28.4 Å². The number of carbonyl (C=O) groups excluding carboxylic acids is 1. The van der Waals surface area contributed by atoms with Crippen LogP contribution in [0.1, 0.15) is 28.7 Å². The standard InChI is InChI=1S/C16H18IN3O2.BrH/c1-3-22-10-13-8-20(11(2)19-16(13)18)9-15(21)12-4-6-14(17)7-5-12;/h4-8,18H,3,9-10H2,1-2H3;1H/p-1. The Kier molecular flexibility index (Phi) is 8.07. The Morgan fingerprint density at radius 2 is 2.00 bits per heavy atom. The highest BCUT2D eigenvalue weighted by atomic mass is 127. The minimum absolute atomic E-state index is 0. The Bertz CT molecular complexity index is 729. The second kappa shape index (κ2) is 9.29. The van der Waals surface area contributed by atoms with E-state index in [9.17, 15) is 4.79 Å². The van der Waals surface area contributed by atoms with Gasteiger partial charge in [-0.15, -0.1) is 0 Å². The number of carbonyl (C=O) groups is 1.